The fourth-order valence-electron chi connectivity index (χ4n) is 1.82. The number of hydrogen-bond acceptors (Lipinski definition) is 6. The monoisotopic (exact) mass is 330 g/mol. The van der Waals surface area contributed by atoms with E-state index < -0.39 is 0 Å². The highest BCUT2D eigenvalue weighted by atomic mass is 33.1. The molecule has 0 atom stereocenters. The number of nitrogens with zero attached hydrogens (tertiary/aromatic N) is 2. The SMILES string of the molecule is COc1ccc(-c2nnc(SSCc3ccccc3)o2)cc1. The fraction of sp³-hybridized carbons (Fsp3) is 0.125. The molecule has 0 unspecified atom stereocenters. The van der Waals surface area contributed by atoms with Crippen LogP contribution >= 0.6 is 21.6 Å². The summed E-state index contributed by atoms with van der Waals surface area (Å²) in [6.07, 6.45) is 0. The van der Waals surface area contributed by atoms with Crippen LogP contribution in [0.25, 0.3) is 11.5 Å². The second kappa shape index (κ2) is 7.38. The molecule has 22 heavy (non-hydrogen) atoms. The van der Waals surface area contributed by atoms with Crippen molar-refractivity contribution in [2.45, 2.75) is 11.0 Å². The zero-order chi connectivity index (χ0) is 15.2. The molecule has 1 heterocycles. The van der Waals surface area contributed by atoms with Crippen LogP contribution in [0.5, 0.6) is 5.75 Å². The second-order valence-corrected chi connectivity index (χ2v) is 6.68. The lowest BCUT2D eigenvalue weighted by atomic mass is 10.2. The summed E-state index contributed by atoms with van der Waals surface area (Å²) in [6, 6.07) is 17.8. The first-order chi connectivity index (χ1) is 10.8. The first-order valence-corrected chi connectivity index (χ1v) is 8.98. The number of methoxy groups -OCH3 is 1. The average molecular weight is 330 g/mol. The van der Waals surface area contributed by atoms with Gasteiger partial charge in [0.25, 0.3) is 5.22 Å². The van der Waals surface area contributed by atoms with E-state index in [-0.39, 0.29) is 0 Å². The molecule has 6 heteroatoms. The van der Waals surface area contributed by atoms with Gasteiger partial charge in [-0.2, -0.15) is 0 Å². The van der Waals surface area contributed by atoms with Gasteiger partial charge in [0.2, 0.25) is 5.89 Å². The Bertz CT molecular complexity index is 715. The van der Waals surface area contributed by atoms with E-state index in [1.165, 1.54) is 16.4 Å². The van der Waals surface area contributed by atoms with E-state index in [1.807, 2.05) is 42.5 Å². The van der Waals surface area contributed by atoms with Crippen molar-refractivity contribution in [2.75, 3.05) is 7.11 Å². The number of benzene rings is 2. The van der Waals surface area contributed by atoms with Crippen molar-refractivity contribution >= 4 is 21.6 Å². The highest BCUT2D eigenvalue weighted by Gasteiger charge is 2.09. The molecule has 0 bridgehead atoms. The van der Waals surface area contributed by atoms with Crippen LogP contribution in [0, 0.1) is 0 Å². The standard InChI is InChI=1S/C16H14N2O2S2/c1-19-14-9-7-13(8-10-14)15-17-18-16(20-15)22-21-11-12-5-3-2-4-6-12/h2-10H,11H2,1H3. The summed E-state index contributed by atoms with van der Waals surface area (Å²) in [5, 5.41) is 8.70. The Morgan fingerprint density at radius 2 is 1.77 bits per heavy atom. The molecule has 4 nitrogen and oxygen atoms in total. The Balaban J connectivity index is 1.58. The molecule has 0 N–H and O–H groups in total. The van der Waals surface area contributed by atoms with E-state index >= 15 is 0 Å². The zero-order valence-electron chi connectivity index (χ0n) is 11.9. The normalized spacial score (nSPS) is 10.6. The Morgan fingerprint density at radius 3 is 2.50 bits per heavy atom. The summed E-state index contributed by atoms with van der Waals surface area (Å²) in [5.41, 5.74) is 2.16. The molecule has 0 saturated carbocycles. The minimum Gasteiger partial charge on any atom is -0.497 e. The van der Waals surface area contributed by atoms with Crippen LogP contribution in [0.15, 0.2) is 64.2 Å². The summed E-state index contributed by atoms with van der Waals surface area (Å²) >= 11 is 0. The summed E-state index contributed by atoms with van der Waals surface area (Å²) < 4.78 is 10.8. The second-order valence-electron chi connectivity index (χ2n) is 4.43. The third kappa shape index (κ3) is 3.84. The Hall–Kier alpha value is -1.92. The molecule has 3 rings (SSSR count). The Labute approximate surface area is 136 Å². The van der Waals surface area contributed by atoms with Crippen molar-refractivity contribution in [3.63, 3.8) is 0 Å². The maximum absolute atomic E-state index is 5.66. The van der Waals surface area contributed by atoms with Gasteiger partial charge in [-0.25, -0.2) is 0 Å². The first-order valence-electron chi connectivity index (χ1n) is 6.66. The lowest BCUT2D eigenvalue weighted by Gasteiger charge is -1.99. The Kier molecular flexibility index (Phi) is 5.03. The minimum absolute atomic E-state index is 0.519. The molecule has 0 aliphatic carbocycles. The first kappa shape index (κ1) is 15.0. The lowest BCUT2D eigenvalue weighted by Crippen LogP contribution is -1.82. The van der Waals surface area contributed by atoms with Crippen LogP contribution in [-0.4, -0.2) is 17.3 Å². The van der Waals surface area contributed by atoms with Crippen LogP contribution in [0.4, 0.5) is 0 Å². The van der Waals surface area contributed by atoms with E-state index in [0.717, 1.165) is 17.1 Å². The van der Waals surface area contributed by atoms with Crippen molar-refractivity contribution < 1.29 is 9.15 Å². The predicted octanol–water partition coefficient (Wildman–Crippen LogP) is 4.69. The summed E-state index contributed by atoms with van der Waals surface area (Å²) in [7, 11) is 4.80. The number of ether oxygens (including phenoxy) is 1. The highest BCUT2D eigenvalue weighted by Crippen LogP contribution is 2.34. The van der Waals surface area contributed by atoms with Crippen molar-refractivity contribution in [1.82, 2.24) is 10.2 Å². The zero-order valence-corrected chi connectivity index (χ0v) is 13.6. The summed E-state index contributed by atoms with van der Waals surface area (Å²) in [5.74, 6) is 2.22. The van der Waals surface area contributed by atoms with Crippen LogP contribution in [-0.2, 0) is 5.75 Å². The minimum atomic E-state index is 0.519. The smallest absolute Gasteiger partial charge is 0.287 e. The van der Waals surface area contributed by atoms with Crippen LogP contribution < -0.4 is 4.74 Å². The maximum Gasteiger partial charge on any atom is 0.287 e. The predicted molar refractivity (Wildman–Crippen MR) is 89.9 cm³/mol. The van der Waals surface area contributed by atoms with E-state index in [0.29, 0.717) is 11.1 Å². The van der Waals surface area contributed by atoms with Gasteiger partial charge in [0.1, 0.15) is 5.75 Å². The number of hydrogen-bond donors (Lipinski definition) is 0. The molecular weight excluding hydrogens is 316 g/mol. The van der Waals surface area contributed by atoms with E-state index in [4.69, 9.17) is 9.15 Å². The van der Waals surface area contributed by atoms with Crippen molar-refractivity contribution in [2.24, 2.45) is 0 Å². The molecule has 0 radical (unpaired) electrons. The fourth-order valence-corrected chi connectivity index (χ4v) is 3.58. The van der Waals surface area contributed by atoms with Gasteiger partial charge in [-0.3, -0.25) is 0 Å². The van der Waals surface area contributed by atoms with Crippen molar-refractivity contribution in [3.8, 4) is 17.2 Å². The molecule has 2 aromatic carbocycles. The third-order valence-electron chi connectivity index (χ3n) is 2.94. The summed E-state index contributed by atoms with van der Waals surface area (Å²) in [6.45, 7) is 0. The van der Waals surface area contributed by atoms with Gasteiger partial charge in [-0.1, -0.05) is 46.2 Å². The van der Waals surface area contributed by atoms with E-state index in [9.17, 15) is 0 Å². The summed E-state index contributed by atoms with van der Waals surface area (Å²) in [4.78, 5) is 0. The quantitative estimate of drug-likeness (QED) is 0.611. The van der Waals surface area contributed by atoms with Gasteiger partial charge in [0.05, 0.1) is 7.11 Å². The molecule has 0 aliphatic rings. The van der Waals surface area contributed by atoms with Gasteiger partial charge in [0.15, 0.2) is 0 Å². The number of rotatable bonds is 6. The molecule has 112 valence electrons. The van der Waals surface area contributed by atoms with Gasteiger partial charge in [-0.15, -0.1) is 5.10 Å². The van der Waals surface area contributed by atoms with Crippen molar-refractivity contribution in [3.05, 3.63) is 60.2 Å². The van der Waals surface area contributed by atoms with Crippen molar-refractivity contribution in [1.29, 1.82) is 0 Å². The Morgan fingerprint density at radius 1 is 1.00 bits per heavy atom. The molecule has 1 aromatic heterocycles. The highest BCUT2D eigenvalue weighted by molar-refractivity contribution is 8.76. The number of aromatic nitrogens is 2. The molecule has 0 amide bonds. The molecule has 3 aromatic rings. The lowest BCUT2D eigenvalue weighted by molar-refractivity contribution is 0.414. The van der Waals surface area contributed by atoms with Gasteiger partial charge in [-0.05, 0) is 29.8 Å². The average Bonchev–Trinajstić information content (AvgIpc) is 3.05. The topological polar surface area (TPSA) is 48.2 Å². The largest absolute Gasteiger partial charge is 0.497 e. The van der Waals surface area contributed by atoms with Gasteiger partial charge in [0, 0.05) is 22.1 Å². The van der Waals surface area contributed by atoms with Crippen LogP contribution in [0.1, 0.15) is 5.56 Å². The van der Waals surface area contributed by atoms with Crippen LogP contribution in [0.3, 0.4) is 0 Å². The van der Waals surface area contributed by atoms with E-state index in [2.05, 4.69) is 22.3 Å². The van der Waals surface area contributed by atoms with Crippen LogP contribution in [0.2, 0.25) is 0 Å². The third-order valence-corrected chi connectivity index (χ3v) is 4.95. The van der Waals surface area contributed by atoms with E-state index in [1.54, 1.807) is 17.9 Å². The van der Waals surface area contributed by atoms with Gasteiger partial charge < -0.3 is 9.15 Å². The molecule has 0 spiro atoms. The molecular formula is C16H14N2O2S2. The molecule has 0 fully saturated rings. The molecule has 0 saturated heterocycles. The maximum atomic E-state index is 5.66. The van der Waals surface area contributed by atoms with Gasteiger partial charge >= 0.3 is 0 Å². The molecule has 0 aliphatic heterocycles.